The zero-order valence-electron chi connectivity index (χ0n) is 28.8. The number of benzene rings is 4. The van der Waals surface area contributed by atoms with Crippen molar-refractivity contribution < 1.29 is 28.9 Å². The van der Waals surface area contributed by atoms with Crippen molar-refractivity contribution in [1.29, 1.82) is 0 Å². The number of nitrogens with zero attached hydrogens (tertiary/aromatic N) is 6. The summed E-state index contributed by atoms with van der Waals surface area (Å²) in [5.74, 6) is -0.664. The predicted octanol–water partition coefficient (Wildman–Crippen LogP) is 8.47. The van der Waals surface area contributed by atoms with Gasteiger partial charge in [0.15, 0.2) is 0 Å². The van der Waals surface area contributed by atoms with Crippen LogP contribution in [-0.2, 0) is 6.42 Å². The molecule has 0 aliphatic heterocycles. The Bertz CT molecular complexity index is 2870. The SMILES string of the molecule is O=c1oc2ccc(Cc3ccc4oc(=O)c(-c5csc(/N=C/c6ccc([N+](=O)[O-])cc6)n5)c(O)c4c3)cc2c(O)c1-c1csc(/N=C/c2ccc([N+](=O)[O-])cc2)n1. The standard InChI is InChI=1S/C39H22N6O10S2/c46-34-26-14-22(5-11-30(26)54-36(48)32(34)28-18-56-38(42-28)40-16-20-1-7-24(8-2-20)44(50)51)13-23-6-12-31-27(15-23)35(47)33(37(49)55-31)29-19-57-39(43-29)41-17-21-3-9-25(10-4-21)45(52)53/h1-12,14-19,46-47H,13H2/b40-16+,41-17+. The number of hydrogen-bond acceptors (Lipinski definition) is 16. The molecule has 2 N–H and O–H groups in total. The van der Waals surface area contributed by atoms with Crippen LogP contribution in [0.3, 0.4) is 0 Å². The highest BCUT2D eigenvalue weighted by Gasteiger charge is 2.21. The van der Waals surface area contributed by atoms with Crippen LogP contribution in [-0.4, -0.2) is 42.5 Å². The van der Waals surface area contributed by atoms with E-state index in [1.165, 1.54) is 61.0 Å². The van der Waals surface area contributed by atoms with Crippen LogP contribution < -0.4 is 11.3 Å². The molecule has 0 aliphatic rings. The number of nitro groups is 2. The Hall–Kier alpha value is -7.70. The zero-order valence-corrected chi connectivity index (χ0v) is 30.4. The molecule has 8 rings (SSSR count). The number of non-ortho nitro benzene ring substituents is 2. The molecule has 0 fully saturated rings. The second kappa shape index (κ2) is 14.9. The molecule has 16 nitrogen and oxygen atoms in total. The zero-order chi connectivity index (χ0) is 39.8. The second-order valence-corrected chi connectivity index (χ2v) is 14.0. The van der Waals surface area contributed by atoms with E-state index in [0.717, 1.165) is 33.8 Å². The first-order valence-electron chi connectivity index (χ1n) is 16.6. The maximum atomic E-state index is 13.0. The third kappa shape index (κ3) is 7.40. The number of fused-ring (bicyclic) bond motifs is 2. The number of nitro benzene ring substituents is 2. The van der Waals surface area contributed by atoms with Gasteiger partial charge in [0.1, 0.15) is 33.8 Å². The van der Waals surface area contributed by atoms with Crippen molar-refractivity contribution in [3.8, 4) is 34.0 Å². The van der Waals surface area contributed by atoms with Crippen molar-refractivity contribution in [1.82, 2.24) is 9.97 Å². The average Bonchev–Trinajstić information content (AvgIpc) is 3.87. The van der Waals surface area contributed by atoms with Crippen molar-refractivity contribution in [2.45, 2.75) is 6.42 Å². The molecule has 0 saturated carbocycles. The van der Waals surface area contributed by atoms with E-state index >= 15 is 0 Å². The molecule has 57 heavy (non-hydrogen) atoms. The lowest BCUT2D eigenvalue weighted by molar-refractivity contribution is -0.385. The van der Waals surface area contributed by atoms with Gasteiger partial charge in [-0.15, -0.1) is 22.7 Å². The number of thiazole rings is 2. The molecule has 4 aromatic heterocycles. The Balaban J connectivity index is 1.04. The summed E-state index contributed by atoms with van der Waals surface area (Å²) in [5, 5.41) is 48.7. The van der Waals surface area contributed by atoms with Gasteiger partial charge in [0, 0.05) is 47.5 Å². The van der Waals surface area contributed by atoms with E-state index < -0.39 is 21.1 Å². The number of aromatic hydroxyl groups is 2. The summed E-state index contributed by atoms with van der Waals surface area (Å²) in [5.41, 5.74) is 1.25. The fraction of sp³-hybridized carbons (Fsp3) is 0.0256. The summed E-state index contributed by atoms with van der Waals surface area (Å²) >= 11 is 2.24. The quantitative estimate of drug-likeness (QED) is 0.0573. The number of aromatic nitrogens is 2. The molecule has 0 saturated heterocycles. The summed E-state index contributed by atoms with van der Waals surface area (Å²) in [4.78, 5) is 64.2. The van der Waals surface area contributed by atoms with Gasteiger partial charge in [-0.3, -0.25) is 20.2 Å². The molecule has 0 unspecified atom stereocenters. The molecule has 4 heterocycles. The summed E-state index contributed by atoms with van der Waals surface area (Å²) in [6.45, 7) is 0. The molecule has 0 bridgehead atoms. The summed E-state index contributed by atoms with van der Waals surface area (Å²) in [7, 11) is 0. The molecule has 0 spiro atoms. The van der Waals surface area contributed by atoms with Gasteiger partial charge < -0.3 is 19.0 Å². The van der Waals surface area contributed by atoms with Crippen molar-refractivity contribution in [3.05, 3.63) is 159 Å². The minimum Gasteiger partial charge on any atom is -0.506 e. The minimum atomic E-state index is -0.797. The van der Waals surface area contributed by atoms with Gasteiger partial charge in [0.2, 0.25) is 10.3 Å². The Morgan fingerprint density at radius 1 is 0.632 bits per heavy atom. The lowest BCUT2D eigenvalue weighted by Crippen LogP contribution is -2.04. The molecular weight excluding hydrogens is 777 g/mol. The van der Waals surface area contributed by atoms with Crippen molar-refractivity contribution in [2.75, 3.05) is 0 Å². The van der Waals surface area contributed by atoms with Gasteiger partial charge >= 0.3 is 11.3 Å². The molecule has 0 aliphatic carbocycles. The smallest absolute Gasteiger partial charge is 0.349 e. The molecule has 0 atom stereocenters. The largest absolute Gasteiger partial charge is 0.506 e. The number of aliphatic imine (C=N–C) groups is 2. The third-order valence-electron chi connectivity index (χ3n) is 8.65. The molecule has 280 valence electrons. The lowest BCUT2D eigenvalue weighted by atomic mass is 10.00. The maximum absolute atomic E-state index is 13.0. The highest BCUT2D eigenvalue weighted by molar-refractivity contribution is 7.14. The van der Waals surface area contributed by atoms with Crippen molar-refractivity contribution in [2.24, 2.45) is 9.98 Å². The van der Waals surface area contributed by atoms with Crippen LogP contribution in [0.5, 0.6) is 11.5 Å². The van der Waals surface area contributed by atoms with Gasteiger partial charge in [0.05, 0.1) is 32.0 Å². The summed E-state index contributed by atoms with van der Waals surface area (Å²) in [6.07, 6.45) is 3.26. The van der Waals surface area contributed by atoms with Crippen LogP contribution in [0.4, 0.5) is 21.6 Å². The van der Waals surface area contributed by atoms with Crippen LogP contribution in [0.2, 0.25) is 0 Å². The van der Waals surface area contributed by atoms with Crippen LogP contribution in [0.25, 0.3) is 44.5 Å². The first-order valence-corrected chi connectivity index (χ1v) is 18.3. The highest BCUT2D eigenvalue weighted by atomic mass is 32.1. The Labute approximate surface area is 326 Å². The molecule has 0 amide bonds. The Kier molecular flexibility index (Phi) is 9.45. The van der Waals surface area contributed by atoms with E-state index in [-0.39, 0.29) is 77.6 Å². The van der Waals surface area contributed by atoms with Crippen molar-refractivity contribution >= 4 is 78.7 Å². The summed E-state index contributed by atoms with van der Waals surface area (Å²) in [6, 6.07) is 21.5. The van der Waals surface area contributed by atoms with Crippen LogP contribution in [0, 0.1) is 20.2 Å². The monoisotopic (exact) mass is 798 g/mol. The van der Waals surface area contributed by atoms with E-state index in [1.54, 1.807) is 47.2 Å². The molecule has 18 heteroatoms. The fourth-order valence-corrected chi connectivity index (χ4v) is 7.18. The Morgan fingerprint density at radius 2 is 1.04 bits per heavy atom. The first-order chi connectivity index (χ1) is 27.5. The number of rotatable bonds is 10. The number of hydrogen-bond donors (Lipinski definition) is 2. The minimum absolute atomic E-state index is 0.0544. The topological polar surface area (TPSA) is 238 Å². The van der Waals surface area contributed by atoms with E-state index in [0.29, 0.717) is 17.5 Å². The summed E-state index contributed by atoms with van der Waals surface area (Å²) < 4.78 is 11.1. The molecular formula is C39H22N6O10S2. The van der Waals surface area contributed by atoms with E-state index in [9.17, 15) is 40.0 Å². The van der Waals surface area contributed by atoms with Crippen LogP contribution in [0.1, 0.15) is 22.3 Å². The van der Waals surface area contributed by atoms with Gasteiger partial charge in [-0.1, -0.05) is 12.1 Å². The first kappa shape index (κ1) is 36.3. The second-order valence-electron chi connectivity index (χ2n) is 12.3. The van der Waals surface area contributed by atoms with Gasteiger partial charge in [-0.05, 0) is 77.2 Å². The average molecular weight is 799 g/mol. The third-order valence-corrected chi connectivity index (χ3v) is 10.1. The van der Waals surface area contributed by atoms with Crippen LogP contribution in [0.15, 0.2) is 124 Å². The Morgan fingerprint density at radius 3 is 1.42 bits per heavy atom. The van der Waals surface area contributed by atoms with Crippen LogP contribution >= 0.6 is 22.7 Å². The molecule has 8 aromatic rings. The highest BCUT2D eigenvalue weighted by Crippen LogP contribution is 2.38. The predicted molar refractivity (Wildman–Crippen MR) is 214 cm³/mol. The van der Waals surface area contributed by atoms with E-state index in [1.807, 2.05) is 0 Å². The lowest BCUT2D eigenvalue weighted by Gasteiger charge is -2.09. The van der Waals surface area contributed by atoms with E-state index in [2.05, 4.69) is 20.0 Å². The fourth-order valence-electron chi connectivity index (χ4n) is 5.87. The van der Waals surface area contributed by atoms with Gasteiger partial charge in [0.25, 0.3) is 11.4 Å². The van der Waals surface area contributed by atoms with Gasteiger partial charge in [-0.2, -0.15) is 0 Å². The molecule has 4 aromatic carbocycles. The molecule has 0 radical (unpaired) electrons. The van der Waals surface area contributed by atoms with Gasteiger partial charge in [-0.25, -0.2) is 29.5 Å². The van der Waals surface area contributed by atoms with E-state index in [4.69, 9.17) is 8.83 Å². The normalized spacial score (nSPS) is 11.6. The van der Waals surface area contributed by atoms with Crippen molar-refractivity contribution in [3.63, 3.8) is 0 Å². The maximum Gasteiger partial charge on any atom is 0.349 e.